The molecule has 2 rings (SSSR count). The van der Waals surface area contributed by atoms with Crippen LogP contribution in [-0.4, -0.2) is 50.2 Å². The molecule has 1 aliphatic rings. The van der Waals surface area contributed by atoms with Gasteiger partial charge in [-0.2, -0.15) is 16.9 Å². The van der Waals surface area contributed by atoms with E-state index in [-0.39, 0.29) is 5.91 Å². The van der Waals surface area contributed by atoms with E-state index in [1.165, 1.54) is 6.33 Å². The van der Waals surface area contributed by atoms with Crippen molar-refractivity contribution < 1.29 is 4.79 Å². The third-order valence-corrected chi connectivity index (χ3v) is 3.55. The maximum absolute atomic E-state index is 11.8. The number of aryl methyl sites for hydroxylation is 1. The first-order valence-electron chi connectivity index (χ1n) is 5.54. The van der Waals surface area contributed by atoms with Gasteiger partial charge in [0.15, 0.2) is 0 Å². The highest BCUT2D eigenvalue weighted by Gasteiger charge is 2.15. The Kier molecular flexibility index (Phi) is 4.21. The maximum Gasteiger partial charge on any atom is 0.222 e. The number of carbonyl (C=O) groups excluding carboxylic acids is 1. The Morgan fingerprint density at radius 2 is 2.19 bits per heavy atom. The molecule has 1 aromatic heterocycles. The van der Waals surface area contributed by atoms with Crippen LogP contribution < -0.4 is 0 Å². The highest BCUT2D eigenvalue weighted by atomic mass is 32.2. The van der Waals surface area contributed by atoms with Crippen molar-refractivity contribution in [2.75, 3.05) is 24.6 Å². The van der Waals surface area contributed by atoms with Gasteiger partial charge < -0.3 is 4.90 Å². The Hall–Kier alpha value is -1.04. The van der Waals surface area contributed by atoms with E-state index >= 15 is 0 Å². The highest BCUT2D eigenvalue weighted by Crippen LogP contribution is 2.10. The lowest BCUT2D eigenvalue weighted by Crippen LogP contribution is -2.37. The number of carbonyl (C=O) groups is 1. The Bertz CT molecular complexity index is 322. The number of amides is 1. The van der Waals surface area contributed by atoms with Crippen molar-refractivity contribution in [1.29, 1.82) is 0 Å². The van der Waals surface area contributed by atoms with Crippen LogP contribution in [0.5, 0.6) is 0 Å². The lowest BCUT2D eigenvalue weighted by atomic mass is 10.2. The number of hydrogen-bond donors (Lipinski definition) is 0. The molecule has 88 valence electrons. The van der Waals surface area contributed by atoms with Crippen LogP contribution in [0.2, 0.25) is 0 Å². The Labute approximate surface area is 99.2 Å². The summed E-state index contributed by atoms with van der Waals surface area (Å²) in [5, 5.41) is 4.00. The van der Waals surface area contributed by atoms with Crippen LogP contribution in [0, 0.1) is 0 Å². The molecule has 0 aromatic carbocycles. The second-order valence-electron chi connectivity index (χ2n) is 3.76. The molecule has 0 atom stereocenters. The summed E-state index contributed by atoms with van der Waals surface area (Å²) in [6.07, 6.45) is 4.65. The molecule has 0 saturated carbocycles. The SMILES string of the molecule is O=C(CCCn1cncn1)N1CCSCC1. The lowest BCUT2D eigenvalue weighted by molar-refractivity contribution is -0.130. The van der Waals surface area contributed by atoms with E-state index in [9.17, 15) is 4.79 Å². The largest absolute Gasteiger partial charge is 0.341 e. The smallest absolute Gasteiger partial charge is 0.222 e. The standard InChI is InChI=1S/C10H16N4OS/c15-10(13-4-6-16-7-5-13)2-1-3-14-9-11-8-12-14/h8-9H,1-7H2. The fourth-order valence-corrected chi connectivity index (χ4v) is 2.61. The Morgan fingerprint density at radius 3 is 2.88 bits per heavy atom. The van der Waals surface area contributed by atoms with E-state index in [1.54, 1.807) is 11.0 Å². The minimum atomic E-state index is 0.278. The van der Waals surface area contributed by atoms with E-state index in [0.29, 0.717) is 6.42 Å². The van der Waals surface area contributed by atoms with Crippen molar-refractivity contribution in [1.82, 2.24) is 19.7 Å². The van der Waals surface area contributed by atoms with Crippen molar-refractivity contribution in [3.63, 3.8) is 0 Å². The van der Waals surface area contributed by atoms with Crippen LogP contribution in [0.1, 0.15) is 12.8 Å². The molecule has 1 amide bonds. The predicted octanol–water partition coefficient (Wildman–Crippen LogP) is 0.634. The summed E-state index contributed by atoms with van der Waals surface area (Å²) in [6.45, 7) is 2.59. The Balaban J connectivity index is 1.67. The van der Waals surface area contributed by atoms with Crippen LogP contribution >= 0.6 is 11.8 Å². The third kappa shape index (κ3) is 3.23. The highest BCUT2D eigenvalue weighted by molar-refractivity contribution is 7.99. The average Bonchev–Trinajstić information content (AvgIpc) is 2.83. The number of rotatable bonds is 4. The minimum absolute atomic E-state index is 0.278. The molecule has 1 saturated heterocycles. The van der Waals surface area contributed by atoms with Crippen LogP contribution in [0.25, 0.3) is 0 Å². The molecular weight excluding hydrogens is 224 g/mol. The van der Waals surface area contributed by atoms with Gasteiger partial charge in [-0.3, -0.25) is 9.48 Å². The maximum atomic E-state index is 11.8. The molecule has 16 heavy (non-hydrogen) atoms. The van der Waals surface area contributed by atoms with E-state index in [1.807, 2.05) is 16.7 Å². The fourth-order valence-electron chi connectivity index (χ4n) is 1.71. The predicted molar refractivity (Wildman–Crippen MR) is 63.2 cm³/mol. The third-order valence-electron chi connectivity index (χ3n) is 2.61. The van der Waals surface area contributed by atoms with Gasteiger partial charge in [-0.1, -0.05) is 0 Å². The number of hydrogen-bond acceptors (Lipinski definition) is 4. The molecule has 1 aromatic rings. The molecule has 0 bridgehead atoms. The van der Waals surface area contributed by atoms with Crippen molar-refractivity contribution >= 4 is 17.7 Å². The summed E-state index contributed by atoms with van der Waals surface area (Å²) in [4.78, 5) is 17.6. The molecule has 2 heterocycles. The van der Waals surface area contributed by atoms with Crippen LogP contribution in [0.3, 0.4) is 0 Å². The van der Waals surface area contributed by atoms with Crippen LogP contribution in [0.15, 0.2) is 12.7 Å². The van der Waals surface area contributed by atoms with Crippen molar-refractivity contribution in [2.45, 2.75) is 19.4 Å². The summed E-state index contributed by atoms with van der Waals surface area (Å²) >= 11 is 1.92. The molecule has 0 unspecified atom stereocenters. The summed E-state index contributed by atoms with van der Waals surface area (Å²) in [5.74, 6) is 2.43. The van der Waals surface area contributed by atoms with E-state index < -0.39 is 0 Å². The van der Waals surface area contributed by atoms with E-state index in [2.05, 4.69) is 10.1 Å². The first-order valence-corrected chi connectivity index (χ1v) is 6.69. The molecule has 0 aliphatic carbocycles. The second-order valence-corrected chi connectivity index (χ2v) is 4.98. The summed E-state index contributed by atoms with van der Waals surface area (Å²) in [6, 6.07) is 0. The average molecular weight is 240 g/mol. The van der Waals surface area contributed by atoms with Gasteiger partial charge in [0.2, 0.25) is 5.91 Å². The molecule has 1 aliphatic heterocycles. The van der Waals surface area contributed by atoms with Gasteiger partial charge in [-0.15, -0.1) is 0 Å². The second kappa shape index (κ2) is 5.89. The molecule has 0 radical (unpaired) electrons. The first-order chi connectivity index (χ1) is 7.86. The number of nitrogens with zero attached hydrogens (tertiary/aromatic N) is 4. The zero-order chi connectivity index (χ0) is 11.2. The van der Waals surface area contributed by atoms with Gasteiger partial charge in [0.05, 0.1) is 0 Å². The zero-order valence-corrected chi connectivity index (χ0v) is 10.0. The van der Waals surface area contributed by atoms with Gasteiger partial charge in [0.1, 0.15) is 12.7 Å². The summed E-state index contributed by atoms with van der Waals surface area (Å²) in [7, 11) is 0. The molecule has 6 heteroatoms. The molecule has 5 nitrogen and oxygen atoms in total. The summed E-state index contributed by atoms with van der Waals surface area (Å²) in [5.41, 5.74) is 0. The van der Waals surface area contributed by atoms with Gasteiger partial charge in [0, 0.05) is 37.6 Å². The van der Waals surface area contributed by atoms with Crippen molar-refractivity contribution in [2.24, 2.45) is 0 Å². The van der Waals surface area contributed by atoms with E-state index in [4.69, 9.17) is 0 Å². The zero-order valence-electron chi connectivity index (χ0n) is 9.21. The number of aromatic nitrogens is 3. The van der Waals surface area contributed by atoms with Gasteiger partial charge in [-0.05, 0) is 6.42 Å². The molecular formula is C10H16N4OS. The quantitative estimate of drug-likeness (QED) is 0.774. The topological polar surface area (TPSA) is 51.0 Å². The minimum Gasteiger partial charge on any atom is -0.341 e. The molecule has 1 fully saturated rings. The first kappa shape index (κ1) is 11.4. The van der Waals surface area contributed by atoms with E-state index in [0.717, 1.165) is 37.6 Å². The van der Waals surface area contributed by atoms with Gasteiger partial charge in [0.25, 0.3) is 0 Å². The fraction of sp³-hybridized carbons (Fsp3) is 0.700. The van der Waals surface area contributed by atoms with Crippen molar-refractivity contribution in [3.05, 3.63) is 12.7 Å². The summed E-state index contributed by atoms with van der Waals surface area (Å²) < 4.78 is 1.76. The monoisotopic (exact) mass is 240 g/mol. The van der Waals surface area contributed by atoms with Crippen LogP contribution in [-0.2, 0) is 11.3 Å². The molecule has 0 spiro atoms. The molecule has 0 N–H and O–H groups in total. The number of thioether (sulfide) groups is 1. The Morgan fingerprint density at radius 1 is 1.38 bits per heavy atom. The lowest BCUT2D eigenvalue weighted by Gasteiger charge is -2.26. The van der Waals surface area contributed by atoms with Gasteiger partial charge >= 0.3 is 0 Å². The van der Waals surface area contributed by atoms with Crippen molar-refractivity contribution in [3.8, 4) is 0 Å². The van der Waals surface area contributed by atoms with Gasteiger partial charge in [-0.25, -0.2) is 4.98 Å². The van der Waals surface area contributed by atoms with Crippen LogP contribution in [0.4, 0.5) is 0 Å². The normalized spacial score (nSPS) is 16.4.